The van der Waals surface area contributed by atoms with Crippen molar-refractivity contribution in [3.63, 3.8) is 0 Å². The summed E-state index contributed by atoms with van der Waals surface area (Å²) in [6, 6.07) is 5.83. The highest BCUT2D eigenvalue weighted by atomic mass is 16.7. The van der Waals surface area contributed by atoms with Crippen LogP contribution in [0.2, 0.25) is 0 Å². The van der Waals surface area contributed by atoms with Gasteiger partial charge in [-0.3, -0.25) is 9.89 Å². The average Bonchev–Trinajstić information content (AvgIpc) is 3.39. The molecule has 7 nitrogen and oxygen atoms in total. The molecule has 0 aliphatic carbocycles. The lowest BCUT2D eigenvalue weighted by atomic mass is 9.99. The van der Waals surface area contributed by atoms with Crippen molar-refractivity contribution in [1.29, 1.82) is 0 Å². The second kappa shape index (κ2) is 5.77. The zero-order chi connectivity index (χ0) is 16.8. The number of ether oxygens (including phenoxy) is 3. The number of aromatic amines is 1. The van der Waals surface area contributed by atoms with E-state index in [-0.39, 0.29) is 18.6 Å². The lowest BCUT2D eigenvalue weighted by Crippen LogP contribution is -2.40. The van der Waals surface area contributed by atoms with Gasteiger partial charge in [-0.25, -0.2) is 0 Å². The number of nitrogens with zero attached hydrogens (tertiary/aromatic N) is 2. The number of amides is 1. The van der Waals surface area contributed by atoms with Crippen LogP contribution in [0.5, 0.6) is 11.5 Å². The molecule has 1 unspecified atom stereocenters. The summed E-state index contributed by atoms with van der Waals surface area (Å²) in [6.45, 7) is 2.80. The SMILES string of the molecule is O=C(C1CCOC1)N1CCc2[nH]nc(-c3ccc4c(c3)OCO4)c2C1. The third-order valence-electron chi connectivity index (χ3n) is 5.17. The van der Waals surface area contributed by atoms with Crippen LogP contribution in [-0.4, -0.2) is 47.6 Å². The molecule has 1 fully saturated rings. The Labute approximate surface area is 144 Å². The number of fused-ring (bicyclic) bond motifs is 2. The van der Waals surface area contributed by atoms with Crippen molar-refractivity contribution >= 4 is 5.91 Å². The summed E-state index contributed by atoms with van der Waals surface area (Å²) in [5.74, 6) is 1.69. The van der Waals surface area contributed by atoms with Crippen molar-refractivity contribution in [2.75, 3.05) is 26.6 Å². The van der Waals surface area contributed by atoms with Crippen molar-refractivity contribution in [3.05, 3.63) is 29.5 Å². The summed E-state index contributed by atoms with van der Waals surface area (Å²) in [6.07, 6.45) is 1.62. The second-order valence-electron chi connectivity index (χ2n) is 6.67. The van der Waals surface area contributed by atoms with Crippen LogP contribution in [0.25, 0.3) is 11.3 Å². The summed E-state index contributed by atoms with van der Waals surface area (Å²) >= 11 is 0. The molecule has 5 rings (SSSR count). The first-order valence-electron chi connectivity index (χ1n) is 8.62. The van der Waals surface area contributed by atoms with E-state index in [0.717, 1.165) is 53.4 Å². The van der Waals surface area contributed by atoms with Gasteiger partial charge in [-0.1, -0.05) is 0 Å². The maximum absolute atomic E-state index is 12.7. The minimum atomic E-state index is 0.00226. The van der Waals surface area contributed by atoms with E-state index in [2.05, 4.69) is 10.2 Å². The molecule has 3 aliphatic rings. The molecule has 1 atom stereocenters. The fourth-order valence-corrected chi connectivity index (χ4v) is 3.75. The number of benzene rings is 1. The number of hydrogen-bond donors (Lipinski definition) is 1. The van der Waals surface area contributed by atoms with Crippen molar-refractivity contribution in [1.82, 2.24) is 15.1 Å². The molecular formula is C18H19N3O4. The maximum atomic E-state index is 12.7. The monoisotopic (exact) mass is 341 g/mol. The Morgan fingerprint density at radius 1 is 1.28 bits per heavy atom. The summed E-state index contributed by atoms with van der Waals surface area (Å²) in [5.41, 5.74) is 4.06. The number of hydrogen-bond acceptors (Lipinski definition) is 5. The smallest absolute Gasteiger partial charge is 0.231 e. The van der Waals surface area contributed by atoms with Crippen LogP contribution < -0.4 is 9.47 Å². The molecule has 1 N–H and O–H groups in total. The molecular weight excluding hydrogens is 322 g/mol. The molecule has 1 aromatic carbocycles. The van der Waals surface area contributed by atoms with E-state index in [0.29, 0.717) is 19.8 Å². The zero-order valence-electron chi connectivity index (χ0n) is 13.8. The van der Waals surface area contributed by atoms with Gasteiger partial charge in [0.05, 0.1) is 18.2 Å². The van der Waals surface area contributed by atoms with E-state index < -0.39 is 0 Å². The number of H-pyrrole nitrogens is 1. The first kappa shape index (κ1) is 14.8. The van der Waals surface area contributed by atoms with Gasteiger partial charge in [-0.15, -0.1) is 0 Å². The third kappa shape index (κ3) is 2.46. The first-order valence-corrected chi connectivity index (χ1v) is 8.62. The number of aromatic nitrogens is 2. The van der Waals surface area contributed by atoms with Crippen LogP contribution in [0.1, 0.15) is 17.7 Å². The Morgan fingerprint density at radius 3 is 3.08 bits per heavy atom. The maximum Gasteiger partial charge on any atom is 0.231 e. The minimum Gasteiger partial charge on any atom is -0.454 e. The molecule has 0 spiro atoms. The van der Waals surface area contributed by atoms with Gasteiger partial charge < -0.3 is 19.1 Å². The van der Waals surface area contributed by atoms with Crippen LogP contribution in [0.4, 0.5) is 0 Å². The fraction of sp³-hybridized carbons (Fsp3) is 0.444. The van der Waals surface area contributed by atoms with E-state index in [1.807, 2.05) is 23.1 Å². The Hall–Kier alpha value is -2.54. The molecule has 3 aliphatic heterocycles. The van der Waals surface area contributed by atoms with Gasteiger partial charge in [0.15, 0.2) is 11.5 Å². The van der Waals surface area contributed by atoms with E-state index in [4.69, 9.17) is 14.2 Å². The molecule has 1 amide bonds. The van der Waals surface area contributed by atoms with Gasteiger partial charge in [0.25, 0.3) is 0 Å². The summed E-state index contributed by atoms with van der Waals surface area (Å²) < 4.78 is 16.2. The minimum absolute atomic E-state index is 0.00226. The predicted octanol–water partition coefficient (Wildman–Crippen LogP) is 1.73. The molecule has 7 heteroatoms. The molecule has 1 saturated heterocycles. The molecule has 0 radical (unpaired) electrons. The van der Waals surface area contributed by atoms with Gasteiger partial charge in [-0.05, 0) is 24.6 Å². The van der Waals surface area contributed by atoms with Crippen molar-refractivity contribution in [2.24, 2.45) is 5.92 Å². The molecule has 0 saturated carbocycles. The number of carbonyl (C=O) groups excluding carboxylic acids is 1. The highest BCUT2D eigenvalue weighted by Gasteiger charge is 2.32. The lowest BCUT2D eigenvalue weighted by molar-refractivity contribution is -0.136. The quantitative estimate of drug-likeness (QED) is 0.900. The molecule has 130 valence electrons. The van der Waals surface area contributed by atoms with Crippen LogP contribution in [-0.2, 0) is 22.5 Å². The van der Waals surface area contributed by atoms with Crippen molar-refractivity contribution in [3.8, 4) is 22.8 Å². The fourth-order valence-electron chi connectivity index (χ4n) is 3.75. The third-order valence-corrected chi connectivity index (χ3v) is 5.17. The predicted molar refractivity (Wildman–Crippen MR) is 88.2 cm³/mol. The Balaban J connectivity index is 1.43. The van der Waals surface area contributed by atoms with Gasteiger partial charge in [0.1, 0.15) is 0 Å². The normalized spacial score (nSPS) is 21.4. The molecule has 2 aromatic rings. The zero-order valence-corrected chi connectivity index (χ0v) is 13.8. The highest BCUT2D eigenvalue weighted by Crippen LogP contribution is 2.37. The largest absolute Gasteiger partial charge is 0.454 e. The lowest BCUT2D eigenvalue weighted by Gasteiger charge is -2.29. The first-order chi connectivity index (χ1) is 12.3. The average molecular weight is 341 g/mol. The van der Waals surface area contributed by atoms with Crippen LogP contribution in [0.15, 0.2) is 18.2 Å². The summed E-state index contributed by atoms with van der Waals surface area (Å²) in [5, 5.41) is 7.64. The van der Waals surface area contributed by atoms with E-state index in [1.54, 1.807) is 0 Å². The van der Waals surface area contributed by atoms with Gasteiger partial charge in [0.2, 0.25) is 12.7 Å². The number of rotatable bonds is 2. The molecule has 1 aromatic heterocycles. The molecule has 4 heterocycles. The van der Waals surface area contributed by atoms with E-state index in [1.165, 1.54) is 0 Å². The highest BCUT2D eigenvalue weighted by molar-refractivity contribution is 5.80. The van der Waals surface area contributed by atoms with Crippen molar-refractivity contribution in [2.45, 2.75) is 19.4 Å². The van der Waals surface area contributed by atoms with E-state index in [9.17, 15) is 4.79 Å². The standard InChI is InChI=1S/C18H19N3O4/c22-18(12-4-6-23-9-12)21-5-3-14-13(8-21)17(20-19-14)11-1-2-15-16(7-11)25-10-24-15/h1-2,7,12H,3-6,8-10H2,(H,19,20). The Bertz CT molecular complexity index is 826. The molecule has 0 bridgehead atoms. The summed E-state index contributed by atoms with van der Waals surface area (Å²) in [4.78, 5) is 14.7. The Morgan fingerprint density at radius 2 is 2.20 bits per heavy atom. The van der Waals surface area contributed by atoms with Crippen molar-refractivity contribution < 1.29 is 19.0 Å². The van der Waals surface area contributed by atoms with Crippen LogP contribution in [0.3, 0.4) is 0 Å². The van der Waals surface area contributed by atoms with E-state index >= 15 is 0 Å². The summed E-state index contributed by atoms with van der Waals surface area (Å²) in [7, 11) is 0. The van der Waals surface area contributed by atoms with Crippen LogP contribution >= 0.6 is 0 Å². The van der Waals surface area contributed by atoms with Gasteiger partial charge >= 0.3 is 0 Å². The second-order valence-corrected chi connectivity index (χ2v) is 6.67. The molecule has 25 heavy (non-hydrogen) atoms. The van der Waals surface area contributed by atoms with Crippen LogP contribution in [0, 0.1) is 5.92 Å². The van der Waals surface area contributed by atoms with Gasteiger partial charge in [-0.2, -0.15) is 5.10 Å². The number of carbonyl (C=O) groups is 1. The topological polar surface area (TPSA) is 76.7 Å². The Kier molecular flexibility index (Phi) is 3.41. The van der Waals surface area contributed by atoms with Gasteiger partial charge in [0, 0.05) is 42.9 Å². The number of nitrogens with one attached hydrogen (secondary N) is 1.